The highest BCUT2D eigenvalue weighted by Gasteiger charge is 2.19. The molecule has 0 aromatic carbocycles. The van der Waals surface area contributed by atoms with E-state index < -0.39 is 5.97 Å². The molecule has 2 aromatic heterocycles. The van der Waals surface area contributed by atoms with Gasteiger partial charge in [-0.2, -0.15) is 0 Å². The van der Waals surface area contributed by atoms with Crippen molar-refractivity contribution in [3.63, 3.8) is 0 Å². The van der Waals surface area contributed by atoms with Gasteiger partial charge in [-0.3, -0.25) is 0 Å². The van der Waals surface area contributed by atoms with Crippen LogP contribution < -0.4 is 4.90 Å². The molecule has 0 atom stereocenters. The molecule has 6 heteroatoms. The predicted octanol–water partition coefficient (Wildman–Crippen LogP) is 2.19. The molecular formula is C12H10ClN3O2. The number of carboxylic acids is 1. The summed E-state index contributed by atoms with van der Waals surface area (Å²) in [5.74, 6) is -0.279. The number of pyridine rings is 2. The summed E-state index contributed by atoms with van der Waals surface area (Å²) in [5, 5.41) is 10.1. The number of anilines is 1. The number of hydrogen-bond donors (Lipinski definition) is 1. The van der Waals surface area contributed by atoms with Crippen LogP contribution in [0.3, 0.4) is 0 Å². The minimum atomic E-state index is -1.01. The third-order valence-corrected chi connectivity index (χ3v) is 3.28. The van der Waals surface area contributed by atoms with Crippen molar-refractivity contribution in [3.05, 3.63) is 28.9 Å². The molecule has 0 radical (unpaired) electrons. The molecular weight excluding hydrogens is 254 g/mol. The summed E-state index contributed by atoms with van der Waals surface area (Å²) in [6.45, 7) is 1.90. The van der Waals surface area contributed by atoms with Gasteiger partial charge in [-0.1, -0.05) is 11.6 Å². The summed E-state index contributed by atoms with van der Waals surface area (Å²) in [6.07, 6.45) is 2.45. The number of nitrogens with zero attached hydrogens (tertiary/aromatic N) is 3. The third-order valence-electron chi connectivity index (χ3n) is 3.01. The van der Waals surface area contributed by atoms with Crippen molar-refractivity contribution in [1.82, 2.24) is 9.97 Å². The van der Waals surface area contributed by atoms with Gasteiger partial charge in [-0.25, -0.2) is 14.8 Å². The Morgan fingerprint density at radius 3 is 2.78 bits per heavy atom. The highest BCUT2D eigenvalue weighted by Crippen LogP contribution is 2.29. The lowest BCUT2D eigenvalue weighted by molar-refractivity contribution is 0.0696. The van der Waals surface area contributed by atoms with Gasteiger partial charge in [0.1, 0.15) is 5.82 Å². The van der Waals surface area contributed by atoms with Crippen LogP contribution in [0.15, 0.2) is 18.3 Å². The van der Waals surface area contributed by atoms with Gasteiger partial charge in [0, 0.05) is 24.7 Å². The molecule has 1 aliphatic heterocycles. The van der Waals surface area contributed by atoms with E-state index in [2.05, 4.69) is 14.9 Å². The normalized spacial score (nSPS) is 14.6. The van der Waals surface area contributed by atoms with Crippen molar-refractivity contribution in [3.8, 4) is 0 Å². The molecule has 0 unspecified atom stereocenters. The number of carboxylic acid groups (broad SMARTS) is 1. The Hall–Kier alpha value is -1.88. The maximum Gasteiger partial charge on any atom is 0.337 e. The van der Waals surface area contributed by atoms with E-state index in [0.717, 1.165) is 25.3 Å². The molecule has 1 aliphatic rings. The summed E-state index contributed by atoms with van der Waals surface area (Å²) >= 11 is 6.16. The van der Waals surface area contributed by atoms with Crippen LogP contribution in [-0.4, -0.2) is 34.1 Å². The summed E-state index contributed by atoms with van der Waals surface area (Å²) in [4.78, 5) is 21.4. The first-order chi connectivity index (χ1) is 8.65. The second kappa shape index (κ2) is 4.10. The molecule has 1 fully saturated rings. The summed E-state index contributed by atoms with van der Waals surface area (Å²) in [6, 6.07) is 3.25. The molecule has 92 valence electrons. The zero-order valence-electron chi connectivity index (χ0n) is 9.43. The highest BCUT2D eigenvalue weighted by molar-refractivity contribution is 6.33. The summed E-state index contributed by atoms with van der Waals surface area (Å²) in [7, 11) is 0. The number of aromatic nitrogens is 2. The average molecular weight is 264 g/mol. The zero-order chi connectivity index (χ0) is 12.7. The Morgan fingerprint density at radius 2 is 2.17 bits per heavy atom. The standard InChI is InChI=1S/C12H10ClN3O2/c13-9-5-7-4-8(12(17)18)6-14-10(7)15-11(9)16-2-1-3-16/h4-6H,1-3H2,(H,17,18). The van der Waals surface area contributed by atoms with Gasteiger partial charge in [0.05, 0.1) is 10.6 Å². The number of fused-ring (bicyclic) bond motifs is 1. The van der Waals surface area contributed by atoms with Crippen LogP contribution in [0.2, 0.25) is 5.02 Å². The van der Waals surface area contributed by atoms with Gasteiger partial charge in [0.15, 0.2) is 5.65 Å². The molecule has 2 aromatic rings. The molecule has 0 amide bonds. The van der Waals surface area contributed by atoms with E-state index in [1.54, 1.807) is 6.07 Å². The largest absolute Gasteiger partial charge is 0.478 e. The number of aromatic carboxylic acids is 1. The fourth-order valence-electron chi connectivity index (χ4n) is 1.90. The van der Waals surface area contributed by atoms with Crippen LogP contribution in [0.5, 0.6) is 0 Å². The maximum absolute atomic E-state index is 10.9. The Balaban J connectivity index is 2.13. The molecule has 0 bridgehead atoms. The van der Waals surface area contributed by atoms with E-state index in [9.17, 15) is 4.79 Å². The van der Waals surface area contributed by atoms with Crippen molar-refractivity contribution in [1.29, 1.82) is 0 Å². The van der Waals surface area contributed by atoms with Crippen LogP contribution in [0.4, 0.5) is 5.82 Å². The second-order valence-electron chi connectivity index (χ2n) is 4.21. The van der Waals surface area contributed by atoms with Crippen LogP contribution in [0.25, 0.3) is 11.0 Å². The Morgan fingerprint density at radius 1 is 1.39 bits per heavy atom. The van der Waals surface area contributed by atoms with Gasteiger partial charge in [-0.05, 0) is 18.6 Å². The smallest absolute Gasteiger partial charge is 0.337 e. The SMILES string of the molecule is O=C(O)c1cnc2nc(N3CCC3)c(Cl)cc2c1. The van der Waals surface area contributed by atoms with E-state index >= 15 is 0 Å². The first kappa shape index (κ1) is 11.2. The van der Waals surface area contributed by atoms with Crippen LogP contribution in [0, 0.1) is 0 Å². The highest BCUT2D eigenvalue weighted by atomic mass is 35.5. The molecule has 5 nitrogen and oxygen atoms in total. The minimum absolute atomic E-state index is 0.136. The Kier molecular flexibility index (Phi) is 2.56. The van der Waals surface area contributed by atoms with Crippen molar-refractivity contribution >= 4 is 34.4 Å². The van der Waals surface area contributed by atoms with E-state index in [1.165, 1.54) is 12.3 Å². The van der Waals surface area contributed by atoms with E-state index in [4.69, 9.17) is 16.7 Å². The molecule has 0 aliphatic carbocycles. The van der Waals surface area contributed by atoms with Crippen molar-refractivity contribution in [2.24, 2.45) is 0 Å². The topological polar surface area (TPSA) is 66.3 Å². The summed E-state index contributed by atoms with van der Waals surface area (Å²) in [5.41, 5.74) is 0.656. The molecule has 18 heavy (non-hydrogen) atoms. The zero-order valence-corrected chi connectivity index (χ0v) is 10.2. The fraction of sp³-hybridized carbons (Fsp3) is 0.250. The third kappa shape index (κ3) is 1.76. The first-order valence-corrected chi connectivity index (χ1v) is 5.97. The first-order valence-electron chi connectivity index (χ1n) is 5.60. The lowest BCUT2D eigenvalue weighted by atomic mass is 10.2. The quantitative estimate of drug-likeness (QED) is 0.900. The van der Waals surface area contributed by atoms with Crippen molar-refractivity contribution in [2.45, 2.75) is 6.42 Å². The van der Waals surface area contributed by atoms with Crippen LogP contribution >= 0.6 is 11.6 Å². The summed E-state index contributed by atoms with van der Waals surface area (Å²) < 4.78 is 0. The van der Waals surface area contributed by atoms with Gasteiger partial charge in [0.25, 0.3) is 0 Å². The number of rotatable bonds is 2. The van der Waals surface area contributed by atoms with Crippen LogP contribution in [0.1, 0.15) is 16.8 Å². The molecule has 3 rings (SSSR count). The Bertz CT molecular complexity index is 641. The van der Waals surface area contributed by atoms with Gasteiger partial charge in [-0.15, -0.1) is 0 Å². The number of hydrogen-bond acceptors (Lipinski definition) is 4. The molecule has 3 heterocycles. The minimum Gasteiger partial charge on any atom is -0.478 e. The fourth-order valence-corrected chi connectivity index (χ4v) is 2.18. The molecule has 0 saturated carbocycles. The van der Waals surface area contributed by atoms with E-state index in [-0.39, 0.29) is 5.56 Å². The maximum atomic E-state index is 10.9. The second-order valence-corrected chi connectivity index (χ2v) is 4.62. The van der Waals surface area contributed by atoms with E-state index in [0.29, 0.717) is 16.1 Å². The molecule has 1 saturated heterocycles. The van der Waals surface area contributed by atoms with Gasteiger partial charge >= 0.3 is 5.97 Å². The van der Waals surface area contributed by atoms with Crippen molar-refractivity contribution < 1.29 is 9.90 Å². The number of halogens is 1. The molecule has 1 N–H and O–H groups in total. The van der Waals surface area contributed by atoms with E-state index in [1.807, 2.05) is 0 Å². The van der Waals surface area contributed by atoms with Gasteiger partial charge < -0.3 is 10.0 Å². The lowest BCUT2D eigenvalue weighted by Crippen LogP contribution is -2.37. The predicted molar refractivity (Wildman–Crippen MR) is 68.3 cm³/mol. The Labute approximate surface area is 108 Å². The van der Waals surface area contributed by atoms with Crippen molar-refractivity contribution in [2.75, 3.05) is 18.0 Å². The van der Waals surface area contributed by atoms with Gasteiger partial charge in [0.2, 0.25) is 0 Å². The monoisotopic (exact) mass is 263 g/mol. The van der Waals surface area contributed by atoms with Crippen LogP contribution in [-0.2, 0) is 0 Å². The molecule has 0 spiro atoms. The average Bonchev–Trinajstić information content (AvgIpc) is 2.27. The lowest BCUT2D eigenvalue weighted by Gasteiger charge is -2.32. The number of carbonyl (C=O) groups is 1.